The lowest BCUT2D eigenvalue weighted by atomic mass is 9.88. The lowest BCUT2D eigenvalue weighted by Gasteiger charge is -2.19. The fourth-order valence-electron chi connectivity index (χ4n) is 5.15. The molecule has 3 heteroatoms. The van der Waals surface area contributed by atoms with Crippen LogP contribution in [0, 0.1) is 17.8 Å². The Labute approximate surface area is 173 Å². The first-order chi connectivity index (χ1) is 13.6. The Morgan fingerprint density at radius 3 is 2.61 bits per heavy atom. The quantitative estimate of drug-likeness (QED) is 0.311. The van der Waals surface area contributed by atoms with Gasteiger partial charge in [-0.3, -0.25) is 0 Å². The predicted molar refractivity (Wildman–Crippen MR) is 119 cm³/mol. The van der Waals surface area contributed by atoms with Gasteiger partial charge in [0.1, 0.15) is 0 Å². The standard InChI is InChI=1S/C25H45NO2/c1-4-7-9-13-22(27)14-15-23-24-18-20(17-21(24)19-25(23)28)12-10-8-11-16-26(5-2)6-3/h14-15,17,21-25,27-28H,4-13,16,18-19H2,1-3H3/b15-14+/t21-,22-,23+,24-,25+/m0/s1. The second-order valence-electron chi connectivity index (χ2n) is 9.02. The largest absolute Gasteiger partial charge is 0.392 e. The average molecular weight is 392 g/mol. The Hall–Kier alpha value is -0.640. The number of aliphatic hydroxyl groups is 2. The molecule has 2 rings (SSSR count). The normalized spacial score (nSPS) is 28.3. The zero-order valence-electron chi connectivity index (χ0n) is 18.7. The van der Waals surface area contributed by atoms with Gasteiger partial charge in [-0.05, 0) is 70.0 Å². The molecule has 0 radical (unpaired) electrons. The van der Waals surface area contributed by atoms with Crippen molar-refractivity contribution in [2.45, 2.75) is 97.2 Å². The van der Waals surface area contributed by atoms with E-state index in [4.69, 9.17) is 0 Å². The number of aliphatic hydroxyl groups excluding tert-OH is 2. The van der Waals surface area contributed by atoms with Crippen LogP contribution in [-0.4, -0.2) is 47.0 Å². The highest BCUT2D eigenvalue weighted by Crippen LogP contribution is 2.48. The van der Waals surface area contributed by atoms with Gasteiger partial charge in [-0.1, -0.05) is 70.3 Å². The van der Waals surface area contributed by atoms with Crippen LogP contribution < -0.4 is 0 Å². The average Bonchev–Trinajstić information content (AvgIpc) is 3.19. The van der Waals surface area contributed by atoms with Crippen molar-refractivity contribution >= 4 is 0 Å². The number of hydrogen-bond acceptors (Lipinski definition) is 3. The fraction of sp³-hybridized carbons (Fsp3) is 0.840. The minimum absolute atomic E-state index is 0.224. The van der Waals surface area contributed by atoms with E-state index in [2.05, 4.69) is 37.8 Å². The van der Waals surface area contributed by atoms with E-state index in [9.17, 15) is 10.2 Å². The van der Waals surface area contributed by atoms with Crippen molar-refractivity contribution in [1.29, 1.82) is 0 Å². The summed E-state index contributed by atoms with van der Waals surface area (Å²) in [7, 11) is 0. The summed E-state index contributed by atoms with van der Waals surface area (Å²) in [6.45, 7) is 10.2. The highest BCUT2D eigenvalue weighted by molar-refractivity contribution is 5.20. The summed E-state index contributed by atoms with van der Waals surface area (Å²) in [5, 5.41) is 20.7. The molecule has 0 aromatic carbocycles. The van der Waals surface area contributed by atoms with Gasteiger partial charge in [0.2, 0.25) is 0 Å². The summed E-state index contributed by atoms with van der Waals surface area (Å²) >= 11 is 0. The molecule has 2 N–H and O–H groups in total. The first kappa shape index (κ1) is 23.6. The highest BCUT2D eigenvalue weighted by Gasteiger charge is 2.43. The first-order valence-corrected chi connectivity index (χ1v) is 12.0. The Kier molecular flexibility index (Phi) is 10.8. The molecular formula is C25H45NO2. The topological polar surface area (TPSA) is 43.7 Å². The molecule has 0 aliphatic heterocycles. The van der Waals surface area contributed by atoms with Crippen LogP contribution in [0.15, 0.2) is 23.8 Å². The van der Waals surface area contributed by atoms with Crippen molar-refractivity contribution in [2.75, 3.05) is 19.6 Å². The molecule has 0 bridgehead atoms. The van der Waals surface area contributed by atoms with Crippen LogP contribution in [0.1, 0.15) is 85.0 Å². The number of fused-ring (bicyclic) bond motifs is 1. The number of hydrogen-bond donors (Lipinski definition) is 2. The molecule has 162 valence electrons. The molecule has 28 heavy (non-hydrogen) atoms. The van der Waals surface area contributed by atoms with Crippen molar-refractivity contribution in [3.8, 4) is 0 Å². The first-order valence-electron chi connectivity index (χ1n) is 12.0. The molecular weight excluding hydrogens is 346 g/mol. The Bertz CT molecular complexity index is 483. The zero-order valence-corrected chi connectivity index (χ0v) is 18.7. The molecule has 0 heterocycles. The molecule has 1 saturated carbocycles. The predicted octanol–water partition coefficient (Wildman–Crippen LogP) is 5.33. The van der Waals surface area contributed by atoms with E-state index in [1.807, 2.05) is 6.08 Å². The molecule has 1 fully saturated rings. The van der Waals surface area contributed by atoms with E-state index in [1.54, 1.807) is 5.57 Å². The summed E-state index contributed by atoms with van der Waals surface area (Å²) in [6, 6.07) is 0. The van der Waals surface area contributed by atoms with Gasteiger partial charge in [-0.15, -0.1) is 0 Å². The van der Waals surface area contributed by atoms with E-state index in [0.717, 1.165) is 38.8 Å². The Morgan fingerprint density at radius 1 is 1.11 bits per heavy atom. The third-order valence-electron chi connectivity index (χ3n) is 6.98. The van der Waals surface area contributed by atoms with Gasteiger partial charge in [-0.25, -0.2) is 0 Å². The molecule has 0 spiro atoms. The minimum Gasteiger partial charge on any atom is -0.392 e. The lowest BCUT2D eigenvalue weighted by molar-refractivity contribution is 0.139. The number of allylic oxidation sites excluding steroid dienone is 2. The summed E-state index contributed by atoms with van der Waals surface area (Å²) in [4.78, 5) is 2.51. The molecule has 0 amide bonds. The Balaban J connectivity index is 1.71. The number of unbranched alkanes of at least 4 members (excludes halogenated alkanes) is 4. The van der Waals surface area contributed by atoms with E-state index in [0.29, 0.717) is 11.8 Å². The maximum atomic E-state index is 10.5. The van der Waals surface area contributed by atoms with Crippen LogP contribution in [-0.2, 0) is 0 Å². The third-order valence-corrected chi connectivity index (χ3v) is 6.98. The van der Waals surface area contributed by atoms with Crippen molar-refractivity contribution in [1.82, 2.24) is 4.90 Å². The second kappa shape index (κ2) is 12.8. The highest BCUT2D eigenvalue weighted by atomic mass is 16.3. The Morgan fingerprint density at radius 2 is 1.89 bits per heavy atom. The van der Waals surface area contributed by atoms with E-state index >= 15 is 0 Å². The van der Waals surface area contributed by atoms with E-state index in [-0.39, 0.29) is 18.1 Å². The molecule has 0 saturated heterocycles. The molecule has 2 aliphatic carbocycles. The lowest BCUT2D eigenvalue weighted by Crippen LogP contribution is -2.23. The van der Waals surface area contributed by atoms with Crippen LogP contribution >= 0.6 is 0 Å². The van der Waals surface area contributed by atoms with E-state index in [1.165, 1.54) is 45.1 Å². The summed E-state index contributed by atoms with van der Waals surface area (Å²) in [5.74, 6) is 1.33. The van der Waals surface area contributed by atoms with Gasteiger partial charge >= 0.3 is 0 Å². The number of rotatable bonds is 14. The van der Waals surface area contributed by atoms with Crippen molar-refractivity contribution in [3.05, 3.63) is 23.8 Å². The van der Waals surface area contributed by atoms with Crippen molar-refractivity contribution < 1.29 is 10.2 Å². The third kappa shape index (κ3) is 7.31. The number of nitrogens with zero attached hydrogens (tertiary/aromatic N) is 1. The van der Waals surface area contributed by atoms with Gasteiger partial charge in [0.15, 0.2) is 0 Å². The summed E-state index contributed by atoms with van der Waals surface area (Å²) in [6.07, 6.45) is 17.5. The molecule has 0 aromatic rings. The van der Waals surface area contributed by atoms with E-state index < -0.39 is 0 Å². The summed E-state index contributed by atoms with van der Waals surface area (Å²) < 4.78 is 0. The maximum absolute atomic E-state index is 10.5. The van der Waals surface area contributed by atoms with Crippen LogP contribution in [0.2, 0.25) is 0 Å². The van der Waals surface area contributed by atoms with Crippen LogP contribution in [0.3, 0.4) is 0 Å². The fourth-order valence-corrected chi connectivity index (χ4v) is 5.15. The van der Waals surface area contributed by atoms with Gasteiger partial charge in [0, 0.05) is 5.92 Å². The molecule has 3 nitrogen and oxygen atoms in total. The van der Waals surface area contributed by atoms with Crippen LogP contribution in [0.5, 0.6) is 0 Å². The second-order valence-corrected chi connectivity index (χ2v) is 9.02. The maximum Gasteiger partial charge on any atom is 0.0721 e. The van der Waals surface area contributed by atoms with Gasteiger partial charge in [0.05, 0.1) is 12.2 Å². The molecule has 2 aliphatic rings. The van der Waals surface area contributed by atoms with Gasteiger partial charge in [-0.2, -0.15) is 0 Å². The zero-order chi connectivity index (χ0) is 20.4. The van der Waals surface area contributed by atoms with Crippen LogP contribution in [0.4, 0.5) is 0 Å². The molecule has 0 unspecified atom stereocenters. The van der Waals surface area contributed by atoms with Crippen molar-refractivity contribution in [2.24, 2.45) is 17.8 Å². The van der Waals surface area contributed by atoms with Gasteiger partial charge < -0.3 is 15.1 Å². The van der Waals surface area contributed by atoms with Crippen LogP contribution in [0.25, 0.3) is 0 Å². The van der Waals surface area contributed by atoms with Gasteiger partial charge in [0.25, 0.3) is 0 Å². The summed E-state index contributed by atoms with van der Waals surface area (Å²) in [5.41, 5.74) is 1.62. The SMILES string of the molecule is CCCCC[C@H](O)/C=C/[C@@H]1[C@H]2CC(CCCCCN(CC)CC)=C[C@H]2C[C@H]1O. The molecule has 0 aromatic heterocycles. The monoisotopic (exact) mass is 391 g/mol. The molecule has 5 atom stereocenters. The minimum atomic E-state index is -0.350. The van der Waals surface area contributed by atoms with Crippen molar-refractivity contribution in [3.63, 3.8) is 0 Å². The smallest absolute Gasteiger partial charge is 0.0721 e.